The maximum Gasteiger partial charge on any atom is 0.259 e. The van der Waals surface area contributed by atoms with Crippen LogP contribution < -0.4 is 4.72 Å². The van der Waals surface area contributed by atoms with E-state index in [1.165, 1.54) is 6.20 Å². The van der Waals surface area contributed by atoms with Crippen molar-refractivity contribution in [1.82, 2.24) is 14.3 Å². The van der Waals surface area contributed by atoms with Crippen molar-refractivity contribution >= 4 is 10.0 Å². The molecule has 102 valence electrons. The molecule has 1 aliphatic rings. The predicted molar refractivity (Wildman–Crippen MR) is 66.5 cm³/mol. The van der Waals surface area contributed by atoms with Crippen molar-refractivity contribution in [3.05, 3.63) is 12.0 Å². The Morgan fingerprint density at radius 2 is 2.22 bits per heavy atom. The van der Waals surface area contributed by atoms with E-state index in [1.54, 1.807) is 18.5 Å². The summed E-state index contributed by atoms with van der Waals surface area (Å²) >= 11 is 0. The third-order valence-electron chi connectivity index (χ3n) is 3.60. The quantitative estimate of drug-likeness (QED) is 0.774. The summed E-state index contributed by atoms with van der Waals surface area (Å²) < 4.78 is 28.3. The Kier molecular flexibility index (Phi) is 3.48. The van der Waals surface area contributed by atoms with Gasteiger partial charge in [0.05, 0.1) is 0 Å². The zero-order valence-electron chi connectivity index (χ0n) is 10.7. The number of nitrogens with one attached hydrogen (secondary N) is 1. The van der Waals surface area contributed by atoms with Gasteiger partial charge in [-0.15, -0.1) is 0 Å². The maximum atomic E-state index is 12.0. The van der Waals surface area contributed by atoms with Crippen LogP contribution in [0.1, 0.15) is 25.1 Å². The second kappa shape index (κ2) is 4.64. The summed E-state index contributed by atoms with van der Waals surface area (Å²) in [6, 6.07) is 0. The number of imidazole rings is 1. The van der Waals surface area contributed by atoms with Gasteiger partial charge >= 0.3 is 0 Å². The third-order valence-corrected chi connectivity index (χ3v) is 4.87. The molecule has 1 fully saturated rings. The van der Waals surface area contributed by atoms with Gasteiger partial charge < -0.3 is 9.67 Å². The molecule has 6 nitrogen and oxygen atoms in total. The van der Waals surface area contributed by atoms with E-state index in [0.29, 0.717) is 18.8 Å². The van der Waals surface area contributed by atoms with E-state index in [4.69, 9.17) is 5.11 Å². The van der Waals surface area contributed by atoms with E-state index in [2.05, 4.69) is 9.71 Å². The average molecular weight is 273 g/mol. The molecule has 0 radical (unpaired) electrons. The number of rotatable bonds is 6. The first kappa shape index (κ1) is 13.5. The van der Waals surface area contributed by atoms with Gasteiger partial charge in [-0.2, -0.15) is 0 Å². The van der Waals surface area contributed by atoms with Gasteiger partial charge in [0.15, 0.2) is 5.03 Å². The number of hydrogen-bond acceptors (Lipinski definition) is 4. The van der Waals surface area contributed by atoms with Crippen molar-refractivity contribution in [2.24, 2.45) is 12.5 Å². The Balaban J connectivity index is 2.04. The van der Waals surface area contributed by atoms with Crippen LogP contribution in [0.3, 0.4) is 0 Å². The summed E-state index contributed by atoms with van der Waals surface area (Å²) in [6.45, 7) is 2.24. The molecule has 1 saturated carbocycles. The standard InChI is InChI=1S/C11H19N3O3S/c1-9-13-10(7-14(9)2)18(16,17)12-8-11(3-4-11)5-6-15/h7,12,15H,3-6,8H2,1-2H3. The molecule has 0 atom stereocenters. The van der Waals surface area contributed by atoms with Crippen LogP contribution in [-0.2, 0) is 17.1 Å². The number of aliphatic hydroxyl groups excluding tert-OH is 1. The number of aryl methyl sites for hydroxylation is 2. The molecule has 1 heterocycles. The topological polar surface area (TPSA) is 84.2 Å². The fraction of sp³-hybridized carbons (Fsp3) is 0.727. The lowest BCUT2D eigenvalue weighted by atomic mass is 10.0. The first-order chi connectivity index (χ1) is 8.38. The van der Waals surface area contributed by atoms with Crippen molar-refractivity contribution in [2.75, 3.05) is 13.2 Å². The lowest BCUT2D eigenvalue weighted by Crippen LogP contribution is -2.31. The number of sulfonamides is 1. The molecule has 0 saturated heterocycles. The highest BCUT2D eigenvalue weighted by Crippen LogP contribution is 2.48. The van der Waals surface area contributed by atoms with Crippen molar-refractivity contribution in [1.29, 1.82) is 0 Å². The van der Waals surface area contributed by atoms with E-state index >= 15 is 0 Å². The minimum absolute atomic E-state index is 0.0361. The van der Waals surface area contributed by atoms with Gasteiger partial charge in [0, 0.05) is 26.4 Å². The highest BCUT2D eigenvalue weighted by molar-refractivity contribution is 7.89. The van der Waals surface area contributed by atoms with Crippen LogP contribution in [0.15, 0.2) is 11.2 Å². The SMILES string of the molecule is Cc1nc(S(=O)(=O)NCC2(CCO)CC2)cn1C. The molecule has 0 bridgehead atoms. The minimum atomic E-state index is -3.54. The maximum absolute atomic E-state index is 12.0. The minimum Gasteiger partial charge on any atom is -0.396 e. The molecule has 7 heteroatoms. The summed E-state index contributed by atoms with van der Waals surface area (Å²) in [7, 11) is -1.78. The first-order valence-electron chi connectivity index (χ1n) is 5.99. The van der Waals surface area contributed by atoms with Crippen LogP contribution in [0, 0.1) is 12.3 Å². The number of nitrogens with zero attached hydrogens (tertiary/aromatic N) is 2. The van der Waals surface area contributed by atoms with Crippen LogP contribution in [0.5, 0.6) is 0 Å². The van der Waals surface area contributed by atoms with Gasteiger partial charge in [-0.1, -0.05) is 0 Å². The van der Waals surface area contributed by atoms with E-state index in [0.717, 1.165) is 12.8 Å². The number of aromatic nitrogens is 2. The number of hydrogen-bond donors (Lipinski definition) is 2. The largest absolute Gasteiger partial charge is 0.396 e. The summed E-state index contributed by atoms with van der Waals surface area (Å²) in [5.74, 6) is 0.659. The van der Waals surface area contributed by atoms with E-state index < -0.39 is 10.0 Å². The van der Waals surface area contributed by atoms with Gasteiger partial charge in [-0.25, -0.2) is 18.1 Å². The first-order valence-corrected chi connectivity index (χ1v) is 7.47. The Labute approximate surface area is 107 Å². The fourth-order valence-corrected chi connectivity index (χ4v) is 3.10. The summed E-state index contributed by atoms with van der Waals surface area (Å²) in [5.41, 5.74) is -0.0361. The van der Waals surface area contributed by atoms with Gasteiger partial charge in [0.1, 0.15) is 5.82 Å². The smallest absolute Gasteiger partial charge is 0.259 e. The molecule has 0 unspecified atom stereocenters. The molecule has 1 aliphatic carbocycles. The van der Waals surface area contributed by atoms with Crippen molar-refractivity contribution in [3.8, 4) is 0 Å². The van der Waals surface area contributed by atoms with Crippen LogP contribution in [0.2, 0.25) is 0 Å². The van der Waals surface area contributed by atoms with E-state index in [1.807, 2.05) is 0 Å². The molecule has 2 rings (SSSR count). The predicted octanol–water partition coefficient (Wildman–Crippen LogP) is 0.169. The van der Waals surface area contributed by atoms with Crippen LogP contribution in [0.25, 0.3) is 0 Å². The monoisotopic (exact) mass is 273 g/mol. The summed E-state index contributed by atoms with van der Waals surface area (Å²) in [5, 5.41) is 8.99. The van der Waals surface area contributed by atoms with Gasteiger partial charge in [-0.05, 0) is 31.6 Å². The van der Waals surface area contributed by atoms with Crippen LogP contribution >= 0.6 is 0 Å². The Bertz CT molecular complexity index is 512. The molecule has 1 aromatic rings. The van der Waals surface area contributed by atoms with Crippen LogP contribution in [-0.4, -0.2) is 36.2 Å². The normalized spacial score (nSPS) is 17.9. The lowest BCUT2D eigenvalue weighted by molar-refractivity contribution is 0.249. The van der Waals surface area contributed by atoms with Crippen molar-refractivity contribution < 1.29 is 13.5 Å². The van der Waals surface area contributed by atoms with E-state index in [9.17, 15) is 8.42 Å². The average Bonchev–Trinajstić information content (AvgIpc) is 2.98. The Morgan fingerprint density at radius 3 is 2.67 bits per heavy atom. The highest BCUT2D eigenvalue weighted by atomic mass is 32.2. The van der Waals surface area contributed by atoms with Gasteiger partial charge in [0.2, 0.25) is 0 Å². The Hall–Kier alpha value is -0.920. The fourth-order valence-electron chi connectivity index (χ4n) is 1.91. The lowest BCUT2D eigenvalue weighted by Gasteiger charge is -2.13. The molecule has 0 spiro atoms. The van der Waals surface area contributed by atoms with Gasteiger partial charge in [0.25, 0.3) is 10.0 Å². The third kappa shape index (κ3) is 2.73. The molecule has 18 heavy (non-hydrogen) atoms. The molecular weight excluding hydrogens is 254 g/mol. The van der Waals surface area contributed by atoms with Crippen LogP contribution in [0.4, 0.5) is 0 Å². The van der Waals surface area contributed by atoms with Crippen molar-refractivity contribution in [3.63, 3.8) is 0 Å². The second-order valence-corrected chi connectivity index (χ2v) is 6.75. The molecule has 1 aromatic heterocycles. The second-order valence-electron chi connectivity index (χ2n) is 5.04. The molecule has 2 N–H and O–H groups in total. The number of aliphatic hydroxyl groups is 1. The molecule has 0 aliphatic heterocycles. The van der Waals surface area contributed by atoms with E-state index in [-0.39, 0.29) is 17.0 Å². The molecule has 0 aromatic carbocycles. The molecular formula is C11H19N3O3S. The van der Waals surface area contributed by atoms with Crippen molar-refractivity contribution in [2.45, 2.75) is 31.2 Å². The molecule has 0 amide bonds. The Morgan fingerprint density at radius 1 is 1.56 bits per heavy atom. The highest BCUT2D eigenvalue weighted by Gasteiger charge is 2.42. The zero-order valence-corrected chi connectivity index (χ0v) is 11.5. The summed E-state index contributed by atoms with van der Waals surface area (Å²) in [6.07, 6.45) is 4.09. The zero-order chi connectivity index (χ0) is 13.4. The summed E-state index contributed by atoms with van der Waals surface area (Å²) in [4.78, 5) is 4.01. The van der Waals surface area contributed by atoms with Gasteiger partial charge in [-0.3, -0.25) is 0 Å².